The Balaban J connectivity index is 2.73. The van der Waals surface area contributed by atoms with Crippen molar-refractivity contribution in [1.29, 1.82) is 0 Å². The fraction of sp³-hybridized carbons (Fsp3) is 0.222. The average molecular weight is 263 g/mol. The van der Waals surface area contributed by atoms with Gasteiger partial charge in [0.15, 0.2) is 0 Å². The molecule has 0 N–H and O–H groups in total. The molecule has 1 rings (SSSR count). The van der Waals surface area contributed by atoms with E-state index in [-0.39, 0.29) is 0 Å². The van der Waals surface area contributed by atoms with E-state index in [0.29, 0.717) is 11.8 Å². The number of hydrogen-bond acceptors (Lipinski definition) is 2. The normalized spacial score (nSPS) is 11.0. The van der Waals surface area contributed by atoms with Crippen molar-refractivity contribution in [2.45, 2.75) is 0 Å². The van der Waals surface area contributed by atoms with Crippen LogP contribution in [0.3, 0.4) is 0 Å². The summed E-state index contributed by atoms with van der Waals surface area (Å²) in [5.41, 5.74) is 0.994. The molecule has 0 aliphatic rings. The minimum Gasteiger partial charge on any atom is -0.381 e. The van der Waals surface area contributed by atoms with Gasteiger partial charge in [-0.15, -0.1) is 0 Å². The summed E-state index contributed by atoms with van der Waals surface area (Å²) in [5, 5.41) is 0.476. The summed E-state index contributed by atoms with van der Waals surface area (Å²) in [4.78, 5) is 3.98. The van der Waals surface area contributed by atoms with Crippen LogP contribution in [-0.2, 0) is 4.74 Å². The van der Waals surface area contributed by atoms with Gasteiger partial charge in [-0.25, -0.2) is 4.98 Å². The van der Waals surface area contributed by atoms with E-state index < -0.39 is 0 Å². The number of ether oxygens (including phenoxy) is 1. The highest BCUT2D eigenvalue weighted by atomic mass is 79.9. The molecule has 13 heavy (non-hydrogen) atoms. The van der Waals surface area contributed by atoms with Crippen molar-refractivity contribution in [1.82, 2.24) is 4.98 Å². The highest BCUT2D eigenvalue weighted by Crippen LogP contribution is 2.20. The lowest BCUT2D eigenvalue weighted by molar-refractivity contribution is 0.234. The predicted octanol–water partition coefficient (Wildman–Crippen LogP) is 3.16. The minimum absolute atomic E-state index is 0.476. The second-order valence-corrected chi connectivity index (χ2v) is 3.61. The zero-order chi connectivity index (χ0) is 9.68. The first-order valence-corrected chi connectivity index (χ1v) is 4.87. The van der Waals surface area contributed by atoms with Crippen LogP contribution in [0.25, 0.3) is 6.08 Å². The van der Waals surface area contributed by atoms with E-state index in [4.69, 9.17) is 16.3 Å². The van der Waals surface area contributed by atoms with Gasteiger partial charge in [0.1, 0.15) is 5.15 Å². The van der Waals surface area contributed by atoms with Crippen LogP contribution in [0.15, 0.2) is 22.8 Å². The van der Waals surface area contributed by atoms with Gasteiger partial charge in [-0.05, 0) is 27.6 Å². The number of hydrogen-bond donors (Lipinski definition) is 0. The third-order valence-electron chi connectivity index (χ3n) is 1.39. The number of rotatable bonds is 3. The molecule has 0 amide bonds. The summed E-state index contributed by atoms with van der Waals surface area (Å²) < 4.78 is 5.67. The SMILES string of the molecule is COC/C=C/c1cnc(Cl)c(Br)c1. The highest BCUT2D eigenvalue weighted by molar-refractivity contribution is 9.10. The number of nitrogens with zero attached hydrogens (tertiary/aromatic N) is 1. The van der Waals surface area contributed by atoms with Crippen LogP contribution < -0.4 is 0 Å². The first-order valence-electron chi connectivity index (χ1n) is 3.70. The molecule has 70 valence electrons. The van der Waals surface area contributed by atoms with Crippen molar-refractivity contribution in [2.75, 3.05) is 13.7 Å². The van der Waals surface area contributed by atoms with Crippen molar-refractivity contribution in [2.24, 2.45) is 0 Å². The molecule has 0 fully saturated rings. The lowest BCUT2D eigenvalue weighted by Gasteiger charge is -1.96. The standard InChI is InChI=1S/C9H9BrClNO/c1-13-4-2-3-7-5-8(10)9(11)12-6-7/h2-3,5-6H,4H2,1H3/b3-2+. The molecule has 1 aromatic rings. The molecule has 0 aliphatic heterocycles. The Hall–Kier alpha value is -0.380. The summed E-state index contributed by atoms with van der Waals surface area (Å²) >= 11 is 9.03. The molecule has 1 heterocycles. The first kappa shape index (κ1) is 10.7. The Labute approximate surface area is 90.7 Å². The zero-order valence-electron chi connectivity index (χ0n) is 7.13. The monoisotopic (exact) mass is 261 g/mol. The van der Waals surface area contributed by atoms with Crippen molar-refractivity contribution in [3.63, 3.8) is 0 Å². The van der Waals surface area contributed by atoms with Gasteiger partial charge in [-0.3, -0.25) is 0 Å². The molecule has 0 unspecified atom stereocenters. The molecule has 0 radical (unpaired) electrons. The van der Waals surface area contributed by atoms with E-state index in [1.807, 2.05) is 18.2 Å². The van der Waals surface area contributed by atoms with Gasteiger partial charge in [0.05, 0.1) is 11.1 Å². The molecule has 0 aliphatic carbocycles. The maximum absolute atomic E-state index is 5.74. The molecule has 2 nitrogen and oxygen atoms in total. The van der Waals surface area contributed by atoms with Crippen molar-refractivity contribution >= 4 is 33.6 Å². The van der Waals surface area contributed by atoms with Crippen molar-refractivity contribution < 1.29 is 4.74 Å². The van der Waals surface area contributed by atoms with E-state index in [1.54, 1.807) is 13.3 Å². The first-order chi connectivity index (χ1) is 6.24. The Bertz CT molecular complexity index is 314. The largest absolute Gasteiger partial charge is 0.381 e. The fourth-order valence-corrected chi connectivity index (χ4v) is 1.28. The lowest BCUT2D eigenvalue weighted by atomic mass is 10.3. The Morgan fingerprint density at radius 3 is 3.08 bits per heavy atom. The number of methoxy groups -OCH3 is 1. The fourth-order valence-electron chi connectivity index (χ4n) is 0.808. The average Bonchev–Trinajstić information content (AvgIpc) is 2.12. The molecule has 1 aromatic heterocycles. The van der Waals surface area contributed by atoms with Gasteiger partial charge in [0, 0.05) is 13.3 Å². The molecule has 4 heteroatoms. The Morgan fingerprint density at radius 2 is 2.46 bits per heavy atom. The van der Waals surface area contributed by atoms with Crippen LogP contribution in [0, 0.1) is 0 Å². The summed E-state index contributed by atoms with van der Waals surface area (Å²) in [6, 6.07) is 1.90. The van der Waals surface area contributed by atoms with Gasteiger partial charge < -0.3 is 4.74 Å². The van der Waals surface area contributed by atoms with Crippen LogP contribution in [-0.4, -0.2) is 18.7 Å². The minimum atomic E-state index is 0.476. The second kappa shape index (κ2) is 5.37. The lowest BCUT2D eigenvalue weighted by Crippen LogP contribution is -1.82. The third kappa shape index (κ3) is 3.46. The molecular formula is C9H9BrClNO. The molecule has 0 spiro atoms. The zero-order valence-corrected chi connectivity index (χ0v) is 9.47. The second-order valence-electron chi connectivity index (χ2n) is 2.40. The van der Waals surface area contributed by atoms with Crippen LogP contribution in [0.5, 0.6) is 0 Å². The van der Waals surface area contributed by atoms with Crippen LogP contribution in [0.1, 0.15) is 5.56 Å². The van der Waals surface area contributed by atoms with E-state index in [2.05, 4.69) is 20.9 Å². The number of halogens is 2. The quantitative estimate of drug-likeness (QED) is 0.781. The molecule has 0 saturated carbocycles. The third-order valence-corrected chi connectivity index (χ3v) is 2.52. The van der Waals surface area contributed by atoms with E-state index >= 15 is 0 Å². The molecule has 0 bridgehead atoms. The van der Waals surface area contributed by atoms with Gasteiger partial charge in [0.2, 0.25) is 0 Å². The maximum Gasteiger partial charge on any atom is 0.143 e. The highest BCUT2D eigenvalue weighted by Gasteiger charge is 1.96. The molecule has 0 atom stereocenters. The topological polar surface area (TPSA) is 22.1 Å². The summed E-state index contributed by atoms with van der Waals surface area (Å²) in [6.45, 7) is 0.597. The Morgan fingerprint density at radius 1 is 1.69 bits per heavy atom. The van der Waals surface area contributed by atoms with E-state index in [9.17, 15) is 0 Å². The molecular weight excluding hydrogens is 253 g/mol. The van der Waals surface area contributed by atoms with Gasteiger partial charge in [-0.2, -0.15) is 0 Å². The van der Waals surface area contributed by atoms with E-state index in [0.717, 1.165) is 10.0 Å². The van der Waals surface area contributed by atoms with Gasteiger partial charge >= 0.3 is 0 Å². The smallest absolute Gasteiger partial charge is 0.143 e. The van der Waals surface area contributed by atoms with Crippen LogP contribution in [0.2, 0.25) is 5.15 Å². The summed E-state index contributed by atoms with van der Waals surface area (Å²) in [6.07, 6.45) is 5.55. The van der Waals surface area contributed by atoms with Crippen LogP contribution >= 0.6 is 27.5 Å². The summed E-state index contributed by atoms with van der Waals surface area (Å²) in [5.74, 6) is 0. The van der Waals surface area contributed by atoms with E-state index in [1.165, 1.54) is 0 Å². The predicted molar refractivity (Wildman–Crippen MR) is 57.9 cm³/mol. The summed E-state index contributed by atoms with van der Waals surface area (Å²) in [7, 11) is 1.65. The van der Waals surface area contributed by atoms with Gasteiger partial charge in [-0.1, -0.05) is 23.8 Å². The Kier molecular flexibility index (Phi) is 4.42. The maximum atomic E-state index is 5.74. The van der Waals surface area contributed by atoms with Crippen molar-refractivity contribution in [3.8, 4) is 0 Å². The number of pyridine rings is 1. The van der Waals surface area contributed by atoms with Crippen molar-refractivity contribution in [3.05, 3.63) is 33.5 Å². The molecule has 0 aromatic carbocycles. The van der Waals surface area contributed by atoms with Gasteiger partial charge in [0.25, 0.3) is 0 Å². The van der Waals surface area contributed by atoms with Crippen LogP contribution in [0.4, 0.5) is 0 Å². The number of aromatic nitrogens is 1. The molecule has 0 saturated heterocycles.